The summed E-state index contributed by atoms with van der Waals surface area (Å²) in [4.78, 5) is 37.8. The normalized spacial score (nSPS) is 12.2. The minimum Gasteiger partial charge on any atom is -0.462 e. The second kappa shape index (κ2) is 49.3. The number of unbranched alkanes of at least 4 members (excludes halogenated alkanes) is 30. The SMILES string of the molecule is CCCCCCC/C=C\C/C=C\C/C=C\CCCCCCCCC(=O)OCC(COC(=O)CCCCCCCCC)OC(=O)CCCCCCCCCCCCCCCC. The molecule has 1 unspecified atom stereocenters. The molecule has 0 spiro atoms. The standard InChI is InChI=1S/C54H98O6/c1-4-7-10-13-16-18-20-22-24-25-26-27-28-29-30-32-33-35-38-41-44-47-53(56)59-50-51(49-58-52(55)46-43-40-37-15-12-9-6-3)60-54(57)48-45-42-39-36-34-31-23-21-19-17-14-11-8-5-2/h20,22,25-26,28-29,51H,4-19,21,23-24,27,30-50H2,1-3H3/b22-20-,26-25-,29-28-. The molecule has 0 aliphatic carbocycles. The maximum absolute atomic E-state index is 12.7. The monoisotopic (exact) mass is 843 g/mol. The largest absolute Gasteiger partial charge is 0.462 e. The van der Waals surface area contributed by atoms with Crippen molar-refractivity contribution in [3.05, 3.63) is 36.5 Å². The van der Waals surface area contributed by atoms with Crippen LogP contribution in [0.3, 0.4) is 0 Å². The van der Waals surface area contributed by atoms with Gasteiger partial charge >= 0.3 is 17.9 Å². The van der Waals surface area contributed by atoms with Crippen molar-refractivity contribution in [2.75, 3.05) is 13.2 Å². The summed E-state index contributed by atoms with van der Waals surface area (Å²) in [7, 11) is 0. The summed E-state index contributed by atoms with van der Waals surface area (Å²) in [6.07, 6.45) is 57.1. The Labute approximate surface area is 372 Å². The van der Waals surface area contributed by atoms with E-state index in [0.717, 1.165) is 77.0 Å². The summed E-state index contributed by atoms with van der Waals surface area (Å²) in [5, 5.41) is 0. The second-order valence-electron chi connectivity index (χ2n) is 17.4. The van der Waals surface area contributed by atoms with Gasteiger partial charge in [0.1, 0.15) is 13.2 Å². The highest BCUT2D eigenvalue weighted by Gasteiger charge is 2.19. The van der Waals surface area contributed by atoms with Gasteiger partial charge in [-0.25, -0.2) is 0 Å². The van der Waals surface area contributed by atoms with Gasteiger partial charge in [-0.3, -0.25) is 14.4 Å². The van der Waals surface area contributed by atoms with Gasteiger partial charge in [-0.1, -0.05) is 231 Å². The van der Waals surface area contributed by atoms with Gasteiger partial charge in [0.05, 0.1) is 0 Å². The van der Waals surface area contributed by atoms with Gasteiger partial charge in [0.15, 0.2) is 6.10 Å². The molecule has 0 amide bonds. The van der Waals surface area contributed by atoms with Gasteiger partial charge in [-0.05, 0) is 57.8 Å². The number of hydrogen-bond donors (Lipinski definition) is 0. The third kappa shape index (κ3) is 46.7. The molecule has 6 nitrogen and oxygen atoms in total. The fourth-order valence-corrected chi connectivity index (χ4v) is 7.45. The van der Waals surface area contributed by atoms with Gasteiger partial charge in [0.25, 0.3) is 0 Å². The zero-order chi connectivity index (χ0) is 43.7. The zero-order valence-corrected chi connectivity index (χ0v) is 40.0. The average molecular weight is 843 g/mol. The highest BCUT2D eigenvalue weighted by atomic mass is 16.6. The average Bonchev–Trinajstić information content (AvgIpc) is 3.24. The summed E-state index contributed by atoms with van der Waals surface area (Å²) in [5.41, 5.74) is 0. The minimum atomic E-state index is -0.770. The van der Waals surface area contributed by atoms with Crippen LogP contribution in [0.1, 0.15) is 271 Å². The van der Waals surface area contributed by atoms with Crippen molar-refractivity contribution in [1.29, 1.82) is 0 Å². The molecule has 0 heterocycles. The van der Waals surface area contributed by atoms with Crippen LogP contribution in [0.15, 0.2) is 36.5 Å². The molecule has 0 rings (SSSR count). The lowest BCUT2D eigenvalue weighted by Gasteiger charge is -2.18. The van der Waals surface area contributed by atoms with Crippen molar-refractivity contribution in [3.63, 3.8) is 0 Å². The van der Waals surface area contributed by atoms with E-state index in [4.69, 9.17) is 14.2 Å². The zero-order valence-electron chi connectivity index (χ0n) is 40.0. The summed E-state index contributed by atoms with van der Waals surface area (Å²) < 4.78 is 16.7. The number of esters is 3. The van der Waals surface area contributed by atoms with E-state index in [9.17, 15) is 14.4 Å². The van der Waals surface area contributed by atoms with E-state index in [1.165, 1.54) is 154 Å². The predicted octanol–water partition coefficient (Wildman–Crippen LogP) is 16.9. The fourth-order valence-electron chi connectivity index (χ4n) is 7.45. The summed E-state index contributed by atoms with van der Waals surface area (Å²) in [6.45, 7) is 6.59. The Morgan fingerprint density at radius 3 is 0.933 bits per heavy atom. The Hall–Kier alpha value is -2.37. The maximum Gasteiger partial charge on any atom is 0.306 e. The van der Waals surface area contributed by atoms with Crippen LogP contribution < -0.4 is 0 Å². The first-order valence-electron chi connectivity index (χ1n) is 26.0. The lowest BCUT2D eigenvalue weighted by molar-refractivity contribution is -0.167. The van der Waals surface area contributed by atoms with Crippen molar-refractivity contribution >= 4 is 17.9 Å². The molecule has 0 aromatic heterocycles. The molecular weight excluding hydrogens is 745 g/mol. The van der Waals surface area contributed by atoms with Crippen LogP contribution in [-0.2, 0) is 28.6 Å². The Kier molecular flexibility index (Phi) is 47.3. The molecule has 0 aliphatic heterocycles. The lowest BCUT2D eigenvalue weighted by atomic mass is 10.0. The number of allylic oxidation sites excluding steroid dienone is 6. The Morgan fingerprint density at radius 2 is 0.600 bits per heavy atom. The fraction of sp³-hybridized carbons (Fsp3) is 0.833. The summed E-state index contributed by atoms with van der Waals surface area (Å²) >= 11 is 0. The molecule has 0 fully saturated rings. The molecule has 0 N–H and O–H groups in total. The number of carbonyl (C=O) groups excluding carboxylic acids is 3. The van der Waals surface area contributed by atoms with Crippen molar-refractivity contribution < 1.29 is 28.6 Å². The van der Waals surface area contributed by atoms with Gasteiger partial charge in [-0.15, -0.1) is 0 Å². The summed E-state index contributed by atoms with van der Waals surface area (Å²) in [5.74, 6) is -0.883. The molecular formula is C54H98O6. The van der Waals surface area contributed by atoms with Gasteiger partial charge in [-0.2, -0.15) is 0 Å². The molecule has 0 radical (unpaired) electrons. The van der Waals surface area contributed by atoms with Crippen LogP contribution in [0.25, 0.3) is 0 Å². The molecule has 0 aromatic rings. The van der Waals surface area contributed by atoms with Crippen LogP contribution in [0, 0.1) is 0 Å². The minimum absolute atomic E-state index is 0.0735. The molecule has 0 aliphatic rings. The van der Waals surface area contributed by atoms with E-state index in [0.29, 0.717) is 19.3 Å². The Morgan fingerprint density at radius 1 is 0.333 bits per heavy atom. The lowest BCUT2D eigenvalue weighted by Crippen LogP contribution is -2.30. The molecule has 0 aromatic carbocycles. The van der Waals surface area contributed by atoms with Crippen LogP contribution >= 0.6 is 0 Å². The Bertz CT molecular complexity index is 1020. The number of hydrogen-bond acceptors (Lipinski definition) is 6. The highest BCUT2D eigenvalue weighted by molar-refractivity contribution is 5.71. The van der Waals surface area contributed by atoms with E-state index in [2.05, 4.69) is 57.2 Å². The van der Waals surface area contributed by atoms with E-state index in [1.807, 2.05) is 0 Å². The van der Waals surface area contributed by atoms with E-state index >= 15 is 0 Å². The summed E-state index contributed by atoms with van der Waals surface area (Å²) in [6, 6.07) is 0. The van der Waals surface area contributed by atoms with E-state index < -0.39 is 6.10 Å². The Balaban J connectivity index is 4.23. The first-order chi connectivity index (χ1) is 29.5. The van der Waals surface area contributed by atoms with Crippen molar-refractivity contribution in [2.24, 2.45) is 0 Å². The smallest absolute Gasteiger partial charge is 0.306 e. The third-order valence-electron chi connectivity index (χ3n) is 11.4. The predicted molar refractivity (Wildman–Crippen MR) is 256 cm³/mol. The van der Waals surface area contributed by atoms with Crippen LogP contribution in [0.4, 0.5) is 0 Å². The highest BCUT2D eigenvalue weighted by Crippen LogP contribution is 2.15. The molecule has 1 atom stereocenters. The number of ether oxygens (including phenoxy) is 3. The molecule has 60 heavy (non-hydrogen) atoms. The van der Waals surface area contributed by atoms with E-state index in [1.54, 1.807) is 0 Å². The van der Waals surface area contributed by atoms with Crippen LogP contribution in [0.2, 0.25) is 0 Å². The first kappa shape index (κ1) is 57.6. The molecule has 0 bridgehead atoms. The molecule has 0 saturated carbocycles. The second-order valence-corrected chi connectivity index (χ2v) is 17.4. The first-order valence-corrected chi connectivity index (χ1v) is 26.0. The van der Waals surface area contributed by atoms with Crippen molar-refractivity contribution in [2.45, 2.75) is 277 Å². The van der Waals surface area contributed by atoms with Gasteiger partial charge < -0.3 is 14.2 Å². The van der Waals surface area contributed by atoms with Crippen molar-refractivity contribution in [1.82, 2.24) is 0 Å². The molecule has 6 heteroatoms. The van der Waals surface area contributed by atoms with Crippen LogP contribution in [0.5, 0.6) is 0 Å². The topological polar surface area (TPSA) is 78.9 Å². The number of rotatable bonds is 47. The quantitative estimate of drug-likeness (QED) is 0.0263. The number of carbonyl (C=O) groups is 3. The van der Waals surface area contributed by atoms with Gasteiger partial charge in [0.2, 0.25) is 0 Å². The third-order valence-corrected chi connectivity index (χ3v) is 11.4. The molecule has 0 saturated heterocycles. The van der Waals surface area contributed by atoms with Crippen LogP contribution in [-0.4, -0.2) is 37.2 Å². The molecule has 350 valence electrons. The maximum atomic E-state index is 12.7. The van der Waals surface area contributed by atoms with E-state index in [-0.39, 0.29) is 31.1 Å². The van der Waals surface area contributed by atoms with Gasteiger partial charge in [0, 0.05) is 19.3 Å². The van der Waals surface area contributed by atoms with Crippen molar-refractivity contribution in [3.8, 4) is 0 Å².